The lowest BCUT2D eigenvalue weighted by atomic mass is 9.88. The Kier molecular flexibility index (Phi) is 6.31. The predicted molar refractivity (Wildman–Crippen MR) is 101 cm³/mol. The maximum absolute atomic E-state index is 11.9. The summed E-state index contributed by atoms with van der Waals surface area (Å²) in [4.78, 5) is 16.3. The van der Waals surface area contributed by atoms with Crippen LogP contribution in [-0.2, 0) is 11.3 Å². The van der Waals surface area contributed by atoms with Gasteiger partial charge in [-0.2, -0.15) is 0 Å². The van der Waals surface area contributed by atoms with Crippen LogP contribution in [0.2, 0.25) is 0 Å². The summed E-state index contributed by atoms with van der Waals surface area (Å²) in [6.45, 7) is 3.72. The summed E-state index contributed by atoms with van der Waals surface area (Å²) >= 11 is 3.43. The van der Waals surface area contributed by atoms with Crippen LogP contribution >= 0.6 is 15.9 Å². The summed E-state index contributed by atoms with van der Waals surface area (Å²) in [5.41, 5.74) is 1.68. The number of hydrogen-bond donors (Lipinski definition) is 2. The van der Waals surface area contributed by atoms with Gasteiger partial charge < -0.3 is 19.8 Å². The number of aromatic nitrogens is 2. The Labute approximate surface area is 156 Å². The van der Waals surface area contributed by atoms with Crippen LogP contribution in [0.15, 0.2) is 29.0 Å². The van der Waals surface area contributed by atoms with Gasteiger partial charge in [0.15, 0.2) is 0 Å². The quantitative estimate of drug-likeness (QED) is 0.718. The number of halogens is 1. The molecule has 0 aromatic carbocycles. The van der Waals surface area contributed by atoms with Crippen LogP contribution in [0.4, 0.5) is 4.79 Å². The first-order valence-electron chi connectivity index (χ1n) is 8.88. The van der Waals surface area contributed by atoms with Crippen LogP contribution in [0.3, 0.4) is 0 Å². The van der Waals surface area contributed by atoms with Gasteiger partial charge >= 0.3 is 6.03 Å². The normalized spacial score (nSPS) is 20.6. The molecule has 2 N–H and O–H groups in total. The van der Waals surface area contributed by atoms with E-state index >= 15 is 0 Å². The third kappa shape index (κ3) is 5.19. The monoisotopic (exact) mass is 408 g/mol. The van der Waals surface area contributed by atoms with Crippen molar-refractivity contribution in [3.8, 4) is 0 Å². The first kappa shape index (κ1) is 18.2. The Balaban J connectivity index is 1.36. The number of carbonyl (C=O) groups excluding carboxylic acids is 1. The largest absolute Gasteiger partial charge is 0.376 e. The number of nitrogens with one attached hydrogen (secondary N) is 2. The molecule has 0 spiro atoms. The Bertz CT molecular complexity index is 718. The molecule has 2 atom stereocenters. The van der Waals surface area contributed by atoms with Gasteiger partial charge in [0.25, 0.3) is 0 Å². The maximum atomic E-state index is 11.9. The maximum Gasteiger partial charge on any atom is 0.315 e. The van der Waals surface area contributed by atoms with Crippen molar-refractivity contribution < 1.29 is 9.53 Å². The molecule has 1 saturated carbocycles. The third-order valence-corrected chi connectivity index (χ3v) is 5.12. The molecule has 3 rings (SSSR count). The van der Waals surface area contributed by atoms with Crippen molar-refractivity contribution >= 4 is 27.6 Å². The summed E-state index contributed by atoms with van der Waals surface area (Å²) in [5.74, 6) is 0.623. The van der Waals surface area contributed by atoms with E-state index in [1.54, 1.807) is 0 Å². The van der Waals surface area contributed by atoms with Crippen molar-refractivity contribution in [1.82, 2.24) is 20.0 Å². The van der Waals surface area contributed by atoms with E-state index in [9.17, 15) is 4.79 Å². The molecule has 7 heteroatoms. The molecule has 2 amide bonds. The van der Waals surface area contributed by atoms with Crippen molar-refractivity contribution in [3.63, 3.8) is 0 Å². The number of hydrogen-bond acceptors (Lipinski definition) is 3. The van der Waals surface area contributed by atoms with E-state index < -0.39 is 0 Å². The smallest absolute Gasteiger partial charge is 0.315 e. The molecule has 1 aliphatic rings. The SMILES string of the molecule is C[C@H]1CCCC[C@H]1OCCNC(=O)NCc1cn2cc(Br)ccc2n1. The molecule has 25 heavy (non-hydrogen) atoms. The lowest BCUT2D eigenvalue weighted by molar-refractivity contribution is -0.00243. The Morgan fingerprint density at radius 2 is 2.16 bits per heavy atom. The van der Waals surface area contributed by atoms with E-state index in [4.69, 9.17) is 4.74 Å². The fraction of sp³-hybridized carbons (Fsp3) is 0.556. The molecule has 2 aromatic heterocycles. The highest BCUT2D eigenvalue weighted by atomic mass is 79.9. The van der Waals surface area contributed by atoms with Crippen LogP contribution in [0, 0.1) is 5.92 Å². The van der Waals surface area contributed by atoms with Crippen LogP contribution in [0.1, 0.15) is 38.3 Å². The highest BCUT2D eigenvalue weighted by Crippen LogP contribution is 2.25. The average molecular weight is 409 g/mol. The standard InChI is InChI=1S/C18H25BrN4O2/c1-13-4-2-3-5-16(13)25-9-8-20-18(24)21-10-15-12-23-11-14(19)6-7-17(23)22-15/h6-7,11-13,16H,2-5,8-10H2,1H3,(H2,20,21,24)/t13-,16+/m0/s1. The molecular formula is C18H25BrN4O2. The molecule has 0 bridgehead atoms. The number of ether oxygens (including phenoxy) is 1. The van der Waals surface area contributed by atoms with Crippen LogP contribution in [0.25, 0.3) is 5.65 Å². The highest BCUT2D eigenvalue weighted by Gasteiger charge is 2.21. The minimum atomic E-state index is -0.196. The molecule has 1 aliphatic carbocycles. The van der Waals surface area contributed by atoms with E-state index in [-0.39, 0.29) is 6.03 Å². The van der Waals surface area contributed by atoms with Gasteiger partial charge in [0.1, 0.15) is 5.65 Å². The number of urea groups is 1. The Hall–Kier alpha value is -1.60. The first-order valence-corrected chi connectivity index (χ1v) is 9.67. The van der Waals surface area contributed by atoms with Gasteiger partial charge in [0, 0.05) is 23.4 Å². The summed E-state index contributed by atoms with van der Waals surface area (Å²) < 4.78 is 8.81. The third-order valence-electron chi connectivity index (χ3n) is 4.65. The molecule has 2 heterocycles. The molecule has 6 nitrogen and oxygen atoms in total. The second kappa shape index (κ2) is 8.67. The second-order valence-corrected chi connectivity index (χ2v) is 7.54. The number of nitrogens with zero attached hydrogens (tertiary/aromatic N) is 2. The molecule has 0 saturated heterocycles. The van der Waals surface area contributed by atoms with Gasteiger partial charge in [-0.15, -0.1) is 0 Å². The molecule has 0 aliphatic heterocycles. The first-order chi connectivity index (χ1) is 12.1. The highest BCUT2D eigenvalue weighted by molar-refractivity contribution is 9.10. The van der Waals surface area contributed by atoms with Gasteiger partial charge in [-0.25, -0.2) is 9.78 Å². The van der Waals surface area contributed by atoms with Crippen molar-refractivity contribution in [2.45, 2.75) is 45.3 Å². The van der Waals surface area contributed by atoms with Gasteiger partial charge in [-0.1, -0.05) is 19.8 Å². The average Bonchev–Trinajstić information content (AvgIpc) is 3.00. The zero-order valence-electron chi connectivity index (χ0n) is 14.5. The van der Waals surface area contributed by atoms with Gasteiger partial charge in [-0.3, -0.25) is 0 Å². The summed E-state index contributed by atoms with van der Waals surface area (Å²) in [6, 6.07) is 3.68. The number of amides is 2. The molecule has 0 radical (unpaired) electrons. The Morgan fingerprint density at radius 3 is 3.00 bits per heavy atom. The molecular weight excluding hydrogens is 384 g/mol. The lowest BCUT2D eigenvalue weighted by Crippen LogP contribution is -2.38. The van der Waals surface area contributed by atoms with Crippen molar-refractivity contribution in [2.24, 2.45) is 5.92 Å². The minimum Gasteiger partial charge on any atom is -0.376 e. The van der Waals surface area contributed by atoms with Crippen LogP contribution in [0.5, 0.6) is 0 Å². The predicted octanol–water partition coefficient (Wildman–Crippen LogP) is 3.49. The van der Waals surface area contributed by atoms with E-state index in [0.29, 0.717) is 31.7 Å². The zero-order valence-corrected chi connectivity index (χ0v) is 16.1. The molecule has 136 valence electrons. The molecule has 0 unspecified atom stereocenters. The summed E-state index contributed by atoms with van der Waals surface area (Å²) in [5, 5.41) is 5.66. The fourth-order valence-electron chi connectivity index (χ4n) is 3.24. The number of pyridine rings is 1. The topological polar surface area (TPSA) is 67.7 Å². The van der Waals surface area contributed by atoms with Crippen molar-refractivity contribution in [2.75, 3.05) is 13.2 Å². The number of imidazole rings is 1. The molecule has 1 fully saturated rings. The zero-order chi connectivity index (χ0) is 17.6. The van der Waals surface area contributed by atoms with E-state index in [0.717, 1.165) is 22.2 Å². The summed E-state index contributed by atoms with van der Waals surface area (Å²) in [6.07, 6.45) is 9.13. The van der Waals surface area contributed by atoms with Crippen LogP contribution < -0.4 is 10.6 Å². The van der Waals surface area contributed by atoms with Gasteiger partial charge in [0.05, 0.1) is 24.9 Å². The van der Waals surface area contributed by atoms with Gasteiger partial charge in [-0.05, 0) is 46.8 Å². The summed E-state index contributed by atoms with van der Waals surface area (Å²) in [7, 11) is 0. The second-order valence-electron chi connectivity index (χ2n) is 6.63. The van der Waals surface area contributed by atoms with E-state index in [2.05, 4.69) is 38.5 Å². The van der Waals surface area contributed by atoms with E-state index in [1.807, 2.05) is 28.9 Å². The molecule has 2 aromatic rings. The number of fused-ring (bicyclic) bond motifs is 1. The number of carbonyl (C=O) groups is 1. The minimum absolute atomic E-state index is 0.196. The fourth-order valence-corrected chi connectivity index (χ4v) is 3.59. The van der Waals surface area contributed by atoms with Crippen LogP contribution in [-0.4, -0.2) is 34.7 Å². The lowest BCUT2D eigenvalue weighted by Gasteiger charge is -2.28. The van der Waals surface area contributed by atoms with Crippen molar-refractivity contribution in [3.05, 3.63) is 34.7 Å². The number of rotatable bonds is 6. The van der Waals surface area contributed by atoms with Crippen molar-refractivity contribution in [1.29, 1.82) is 0 Å². The van der Waals surface area contributed by atoms with Gasteiger partial charge in [0.2, 0.25) is 0 Å². The Morgan fingerprint density at radius 1 is 1.32 bits per heavy atom. The van der Waals surface area contributed by atoms with E-state index in [1.165, 1.54) is 19.3 Å².